The third-order valence-corrected chi connectivity index (χ3v) is 3.45. The average Bonchev–Trinajstić information content (AvgIpc) is 2.28. The van der Waals surface area contributed by atoms with Crippen LogP contribution in [0.1, 0.15) is 32.8 Å². The molecule has 0 aromatic heterocycles. The molecule has 0 spiro atoms. The lowest BCUT2D eigenvalue weighted by Gasteiger charge is -2.19. The van der Waals surface area contributed by atoms with Gasteiger partial charge in [0.25, 0.3) is 0 Å². The van der Waals surface area contributed by atoms with Crippen molar-refractivity contribution in [1.82, 2.24) is 5.32 Å². The largest absolute Gasteiger partial charge is 0.311 e. The van der Waals surface area contributed by atoms with Gasteiger partial charge in [-0.25, -0.2) is 0 Å². The first kappa shape index (κ1) is 16.8. The lowest BCUT2D eigenvalue weighted by Crippen LogP contribution is -2.35. The average molecular weight is 274 g/mol. The van der Waals surface area contributed by atoms with Crippen LogP contribution in [0.3, 0.4) is 0 Å². The van der Waals surface area contributed by atoms with Crippen molar-refractivity contribution in [3.8, 4) is 0 Å². The van der Waals surface area contributed by atoms with E-state index in [1.807, 2.05) is 0 Å². The van der Waals surface area contributed by atoms with E-state index >= 15 is 0 Å². The van der Waals surface area contributed by atoms with E-state index in [9.17, 15) is 0 Å². The van der Waals surface area contributed by atoms with Gasteiger partial charge < -0.3 is 5.32 Å². The Morgan fingerprint density at radius 3 is 2.18 bits per heavy atom. The lowest BCUT2D eigenvalue weighted by atomic mass is 10.0. The molecule has 1 unspecified atom stereocenters. The highest BCUT2D eigenvalue weighted by Gasteiger charge is 2.08. The summed E-state index contributed by atoms with van der Waals surface area (Å²) in [6.45, 7) is 6.66. The molecule has 0 aliphatic carbocycles. The van der Waals surface area contributed by atoms with E-state index in [1.54, 1.807) is 11.8 Å². The molecule has 0 aliphatic heterocycles. The third-order valence-electron chi connectivity index (χ3n) is 2.70. The van der Waals surface area contributed by atoms with Crippen LogP contribution in [0.15, 0.2) is 29.2 Å². The van der Waals surface area contributed by atoms with Gasteiger partial charge in [0.1, 0.15) is 0 Å². The van der Waals surface area contributed by atoms with Crippen LogP contribution in [-0.2, 0) is 6.42 Å². The number of nitrogens with one attached hydrogen (secondary N) is 1. The molecule has 0 aliphatic rings. The van der Waals surface area contributed by atoms with Crippen molar-refractivity contribution in [1.29, 1.82) is 0 Å². The number of benzene rings is 1. The highest BCUT2D eigenvalue weighted by molar-refractivity contribution is 7.98. The summed E-state index contributed by atoms with van der Waals surface area (Å²) in [5, 5.41) is 3.60. The first-order chi connectivity index (χ1) is 7.65. The van der Waals surface area contributed by atoms with Gasteiger partial charge in [-0.1, -0.05) is 32.9 Å². The summed E-state index contributed by atoms with van der Waals surface area (Å²) in [5.41, 5.74) is 1.43. The first-order valence-electron chi connectivity index (χ1n) is 6.04. The molecule has 1 aromatic carbocycles. The summed E-state index contributed by atoms with van der Waals surface area (Å²) >= 11 is 1.80. The van der Waals surface area contributed by atoms with Gasteiger partial charge in [-0.3, -0.25) is 0 Å². The summed E-state index contributed by atoms with van der Waals surface area (Å²) in [7, 11) is 0. The summed E-state index contributed by atoms with van der Waals surface area (Å²) in [6, 6.07) is 10.1. The minimum Gasteiger partial charge on any atom is -0.311 e. The standard InChI is InChI=1S/C14H23NS.ClH/c1-5-13(15-11(2)3)10-12-6-8-14(16-4)9-7-12;/h6-9,11,13,15H,5,10H2,1-4H3;1H. The van der Waals surface area contributed by atoms with Crippen LogP contribution >= 0.6 is 24.2 Å². The van der Waals surface area contributed by atoms with E-state index in [0.717, 1.165) is 6.42 Å². The summed E-state index contributed by atoms with van der Waals surface area (Å²) in [5.74, 6) is 0. The van der Waals surface area contributed by atoms with Gasteiger partial charge in [0.2, 0.25) is 0 Å². The van der Waals surface area contributed by atoms with Crippen LogP contribution in [0.25, 0.3) is 0 Å². The quantitative estimate of drug-likeness (QED) is 0.782. The van der Waals surface area contributed by atoms with E-state index in [1.165, 1.54) is 16.9 Å². The molecule has 1 rings (SSSR count). The molecule has 98 valence electrons. The van der Waals surface area contributed by atoms with Crippen LogP contribution in [-0.4, -0.2) is 18.3 Å². The SMILES string of the molecule is CCC(Cc1ccc(SC)cc1)NC(C)C.Cl. The third kappa shape index (κ3) is 6.35. The Morgan fingerprint density at radius 1 is 1.18 bits per heavy atom. The van der Waals surface area contributed by atoms with Gasteiger partial charge in [-0.15, -0.1) is 24.2 Å². The van der Waals surface area contributed by atoms with Crippen molar-refractivity contribution in [2.24, 2.45) is 0 Å². The molecule has 0 fully saturated rings. The Kier molecular flexibility index (Phi) is 8.75. The van der Waals surface area contributed by atoms with E-state index < -0.39 is 0 Å². The zero-order valence-corrected chi connectivity index (χ0v) is 12.8. The minimum absolute atomic E-state index is 0. The highest BCUT2D eigenvalue weighted by atomic mass is 35.5. The number of hydrogen-bond acceptors (Lipinski definition) is 2. The van der Waals surface area contributed by atoms with Crippen LogP contribution in [0.2, 0.25) is 0 Å². The molecular weight excluding hydrogens is 250 g/mol. The van der Waals surface area contributed by atoms with Gasteiger partial charge in [0, 0.05) is 17.0 Å². The molecule has 0 amide bonds. The molecule has 1 nitrogen and oxygen atoms in total. The van der Waals surface area contributed by atoms with E-state index in [0.29, 0.717) is 12.1 Å². The maximum atomic E-state index is 3.60. The van der Waals surface area contributed by atoms with Crippen molar-refractivity contribution < 1.29 is 0 Å². The van der Waals surface area contributed by atoms with E-state index in [-0.39, 0.29) is 12.4 Å². The smallest absolute Gasteiger partial charge is 0.0107 e. The predicted octanol–water partition coefficient (Wildman–Crippen LogP) is 4.15. The fourth-order valence-electron chi connectivity index (χ4n) is 1.84. The molecule has 3 heteroatoms. The second-order valence-electron chi connectivity index (χ2n) is 4.48. The Balaban J connectivity index is 0.00000256. The van der Waals surface area contributed by atoms with Gasteiger partial charge in [0.15, 0.2) is 0 Å². The van der Waals surface area contributed by atoms with Crippen LogP contribution in [0.5, 0.6) is 0 Å². The van der Waals surface area contributed by atoms with Crippen molar-refractivity contribution in [3.63, 3.8) is 0 Å². The number of rotatable bonds is 6. The van der Waals surface area contributed by atoms with Crippen molar-refractivity contribution in [3.05, 3.63) is 29.8 Å². The number of hydrogen-bond donors (Lipinski definition) is 1. The molecule has 0 saturated heterocycles. The van der Waals surface area contributed by atoms with Crippen LogP contribution < -0.4 is 5.32 Å². The zero-order valence-electron chi connectivity index (χ0n) is 11.2. The van der Waals surface area contributed by atoms with Crippen LogP contribution in [0, 0.1) is 0 Å². The molecule has 0 bridgehead atoms. The molecule has 1 atom stereocenters. The second kappa shape index (κ2) is 8.84. The van der Waals surface area contributed by atoms with Crippen molar-refractivity contribution in [2.75, 3.05) is 6.26 Å². The summed E-state index contributed by atoms with van der Waals surface area (Å²) in [4.78, 5) is 1.34. The molecule has 0 heterocycles. The zero-order chi connectivity index (χ0) is 12.0. The van der Waals surface area contributed by atoms with Gasteiger partial charge >= 0.3 is 0 Å². The topological polar surface area (TPSA) is 12.0 Å². The van der Waals surface area contributed by atoms with Crippen molar-refractivity contribution >= 4 is 24.2 Å². The number of halogens is 1. The highest BCUT2D eigenvalue weighted by Crippen LogP contribution is 2.16. The Morgan fingerprint density at radius 2 is 1.76 bits per heavy atom. The summed E-state index contributed by atoms with van der Waals surface area (Å²) < 4.78 is 0. The number of thioether (sulfide) groups is 1. The Labute approximate surface area is 116 Å². The monoisotopic (exact) mass is 273 g/mol. The molecule has 0 saturated carbocycles. The van der Waals surface area contributed by atoms with Gasteiger partial charge in [-0.05, 0) is 36.8 Å². The maximum Gasteiger partial charge on any atom is 0.0107 e. The Hall–Kier alpha value is -0.180. The fourth-order valence-corrected chi connectivity index (χ4v) is 2.25. The molecule has 0 radical (unpaired) electrons. The van der Waals surface area contributed by atoms with Gasteiger partial charge in [-0.2, -0.15) is 0 Å². The molecule has 17 heavy (non-hydrogen) atoms. The predicted molar refractivity (Wildman–Crippen MR) is 81.5 cm³/mol. The molecule has 1 N–H and O–H groups in total. The molecule has 1 aromatic rings. The van der Waals surface area contributed by atoms with Crippen molar-refractivity contribution in [2.45, 2.75) is 50.6 Å². The second-order valence-corrected chi connectivity index (χ2v) is 5.36. The first-order valence-corrected chi connectivity index (χ1v) is 7.27. The van der Waals surface area contributed by atoms with Crippen LogP contribution in [0.4, 0.5) is 0 Å². The summed E-state index contributed by atoms with van der Waals surface area (Å²) in [6.07, 6.45) is 4.43. The Bertz CT molecular complexity index is 298. The molecular formula is C14H24ClNS. The minimum atomic E-state index is 0. The fraction of sp³-hybridized carbons (Fsp3) is 0.571. The maximum absolute atomic E-state index is 3.60. The van der Waals surface area contributed by atoms with E-state index in [2.05, 4.69) is 56.6 Å². The lowest BCUT2D eigenvalue weighted by molar-refractivity contribution is 0.449. The van der Waals surface area contributed by atoms with E-state index in [4.69, 9.17) is 0 Å². The normalized spacial score (nSPS) is 12.3. The van der Waals surface area contributed by atoms with Gasteiger partial charge in [0.05, 0.1) is 0 Å².